The van der Waals surface area contributed by atoms with Gasteiger partial charge in [-0.25, -0.2) is 8.78 Å². The topological polar surface area (TPSA) is 0 Å². The molecule has 106 valence electrons. The second kappa shape index (κ2) is 5.40. The molecular weight excluding hydrogens is 299 g/mol. The van der Waals surface area contributed by atoms with Crippen LogP contribution < -0.4 is 0 Å². The minimum atomic E-state index is -4.63. The molecule has 0 fully saturated rings. The molecule has 2 aromatic rings. The standard InChI is InChI=1S/C14H8ClF5/c15-8-5-6-10(13(16)17)11(7-8)9-3-1-2-4-12(9)14(18,19)20/h1-7,13H. The molecule has 0 bridgehead atoms. The average molecular weight is 307 g/mol. The highest BCUT2D eigenvalue weighted by molar-refractivity contribution is 6.30. The Kier molecular flexibility index (Phi) is 3.99. The number of hydrogen-bond donors (Lipinski definition) is 0. The van der Waals surface area contributed by atoms with Gasteiger partial charge >= 0.3 is 6.18 Å². The molecule has 0 unspecified atom stereocenters. The van der Waals surface area contributed by atoms with Crippen LogP contribution in [0.4, 0.5) is 22.0 Å². The van der Waals surface area contributed by atoms with Gasteiger partial charge in [0.15, 0.2) is 0 Å². The summed E-state index contributed by atoms with van der Waals surface area (Å²) >= 11 is 5.71. The Balaban J connectivity index is 2.72. The zero-order valence-corrected chi connectivity index (χ0v) is 10.6. The minimum absolute atomic E-state index is 0.0985. The lowest BCUT2D eigenvalue weighted by molar-refractivity contribution is -0.137. The van der Waals surface area contributed by atoms with Gasteiger partial charge < -0.3 is 0 Å². The van der Waals surface area contributed by atoms with Crippen LogP contribution in [0, 0.1) is 0 Å². The van der Waals surface area contributed by atoms with Crippen LogP contribution in [0.5, 0.6) is 0 Å². The van der Waals surface area contributed by atoms with Crippen molar-refractivity contribution in [1.82, 2.24) is 0 Å². The predicted molar refractivity (Wildman–Crippen MR) is 66.8 cm³/mol. The van der Waals surface area contributed by atoms with Crippen LogP contribution in [0.2, 0.25) is 5.02 Å². The summed E-state index contributed by atoms with van der Waals surface area (Å²) in [4.78, 5) is 0. The van der Waals surface area contributed by atoms with Crippen LogP contribution >= 0.6 is 11.6 Å². The Bertz CT molecular complexity index is 619. The van der Waals surface area contributed by atoms with E-state index < -0.39 is 23.7 Å². The van der Waals surface area contributed by atoms with Gasteiger partial charge in [-0.15, -0.1) is 0 Å². The highest BCUT2D eigenvalue weighted by Gasteiger charge is 2.34. The first-order chi connectivity index (χ1) is 9.30. The molecule has 0 atom stereocenters. The van der Waals surface area contributed by atoms with Crippen LogP contribution in [0.25, 0.3) is 11.1 Å². The number of hydrogen-bond acceptors (Lipinski definition) is 0. The molecule has 0 aliphatic carbocycles. The fraction of sp³-hybridized carbons (Fsp3) is 0.143. The Labute approximate surface area is 116 Å². The van der Waals surface area contributed by atoms with Crippen molar-refractivity contribution in [2.45, 2.75) is 12.6 Å². The third kappa shape index (κ3) is 2.93. The molecule has 0 nitrogen and oxygen atoms in total. The number of benzene rings is 2. The van der Waals surface area contributed by atoms with Crippen LogP contribution in [-0.4, -0.2) is 0 Å². The van der Waals surface area contributed by atoms with E-state index in [-0.39, 0.29) is 16.1 Å². The van der Waals surface area contributed by atoms with Crippen LogP contribution in [0.3, 0.4) is 0 Å². The molecule has 0 aromatic heterocycles. The lowest BCUT2D eigenvalue weighted by Gasteiger charge is -2.15. The smallest absolute Gasteiger partial charge is 0.205 e. The van der Waals surface area contributed by atoms with Crippen molar-refractivity contribution < 1.29 is 22.0 Å². The highest BCUT2D eigenvalue weighted by atomic mass is 35.5. The zero-order chi connectivity index (χ0) is 14.9. The highest BCUT2D eigenvalue weighted by Crippen LogP contribution is 2.40. The summed E-state index contributed by atoms with van der Waals surface area (Å²) in [6, 6.07) is 7.96. The van der Waals surface area contributed by atoms with Gasteiger partial charge in [0.25, 0.3) is 6.43 Å². The molecular formula is C14H8ClF5. The molecule has 0 saturated carbocycles. The average Bonchev–Trinajstić information content (AvgIpc) is 2.37. The first-order valence-corrected chi connectivity index (χ1v) is 5.92. The first-order valence-electron chi connectivity index (χ1n) is 5.55. The maximum absolute atomic E-state index is 12.9. The Hall–Kier alpha value is -1.62. The normalized spacial score (nSPS) is 11.9. The summed E-state index contributed by atoms with van der Waals surface area (Å²) < 4.78 is 64.7. The molecule has 0 aliphatic rings. The monoisotopic (exact) mass is 306 g/mol. The van der Waals surface area contributed by atoms with Crippen molar-refractivity contribution in [2.75, 3.05) is 0 Å². The maximum Gasteiger partial charge on any atom is 0.417 e. The van der Waals surface area contributed by atoms with E-state index in [9.17, 15) is 22.0 Å². The van der Waals surface area contributed by atoms with Gasteiger partial charge in [0, 0.05) is 10.6 Å². The Morgan fingerprint density at radius 2 is 1.55 bits per heavy atom. The van der Waals surface area contributed by atoms with E-state index in [2.05, 4.69) is 0 Å². The van der Waals surface area contributed by atoms with Crippen molar-refractivity contribution in [3.63, 3.8) is 0 Å². The molecule has 0 saturated heterocycles. The molecule has 0 spiro atoms. The van der Waals surface area contributed by atoms with E-state index in [1.807, 2.05) is 0 Å². The molecule has 6 heteroatoms. The first kappa shape index (κ1) is 14.8. The molecule has 0 N–H and O–H groups in total. The Morgan fingerprint density at radius 1 is 0.900 bits per heavy atom. The van der Waals surface area contributed by atoms with Crippen molar-refractivity contribution >= 4 is 11.6 Å². The lowest BCUT2D eigenvalue weighted by atomic mass is 9.95. The summed E-state index contributed by atoms with van der Waals surface area (Å²) in [5.41, 5.74) is -1.96. The second-order valence-electron chi connectivity index (χ2n) is 4.08. The van der Waals surface area contributed by atoms with Crippen LogP contribution in [0.1, 0.15) is 17.6 Å². The predicted octanol–water partition coefficient (Wildman–Crippen LogP) is 5.96. The third-order valence-electron chi connectivity index (χ3n) is 2.77. The summed E-state index contributed by atoms with van der Waals surface area (Å²) in [5, 5.41) is 0.0985. The summed E-state index contributed by atoms with van der Waals surface area (Å²) in [5.74, 6) is 0. The van der Waals surface area contributed by atoms with E-state index in [0.29, 0.717) is 0 Å². The van der Waals surface area contributed by atoms with E-state index in [0.717, 1.165) is 24.3 Å². The molecule has 0 heterocycles. The number of alkyl halides is 5. The van der Waals surface area contributed by atoms with Crippen molar-refractivity contribution in [3.05, 3.63) is 58.6 Å². The summed E-state index contributed by atoms with van der Waals surface area (Å²) in [6.45, 7) is 0. The van der Waals surface area contributed by atoms with E-state index in [4.69, 9.17) is 11.6 Å². The molecule has 0 aliphatic heterocycles. The van der Waals surface area contributed by atoms with Gasteiger partial charge in [-0.1, -0.05) is 35.9 Å². The minimum Gasteiger partial charge on any atom is -0.205 e. The fourth-order valence-corrected chi connectivity index (χ4v) is 2.09. The van der Waals surface area contributed by atoms with Crippen molar-refractivity contribution in [3.8, 4) is 11.1 Å². The quantitative estimate of drug-likeness (QED) is 0.600. The summed E-state index contributed by atoms with van der Waals surface area (Å²) in [7, 11) is 0. The zero-order valence-electron chi connectivity index (χ0n) is 9.89. The number of halogens is 6. The summed E-state index contributed by atoms with van der Waals surface area (Å²) in [6.07, 6.45) is -7.51. The van der Waals surface area contributed by atoms with Gasteiger partial charge in [0.1, 0.15) is 0 Å². The van der Waals surface area contributed by atoms with Gasteiger partial charge in [-0.05, 0) is 29.3 Å². The van der Waals surface area contributed by atoms with E-state index in [1.165, 1.54) is 18.2 Å². The molecule has 20 heavy (non-hydrogen) atoms. The van der Waals surface area contributed by atoms with Crippen LogP contribution in [-0.2, 0) is 6.18 Å². The van der Waals surface area contributed by atoms with E-state index >= 15 is 0 Å². The largest absolute Gasteiger partial charge is 0.417 e. The third-order valence-corrected chi connectivity index (χ3v) is 3.01. The molecule has 2 aromatic carbocycles. The van der Waals surface area contributed by atoms with Gasteiger partial charge in [-0.2, -0.15) is 13.2 Å². The molecule has 0 radical (unpaired) electrons. The van der Waals surface area contributed by atoms with Gasteiger partial charge in [0.2, 0.25) is 0 Å². The van der Waals surface area contributed by atoms with Crippen molar-refractivity contribution in [1.29, 1.82) is 0 Å². The van der Waals surface area contributed by atoms with Gasteiger partial charge in [0.05, 0.1) is 5.56 Å². The maximum atomic E-state index is 12.9. The Morgan fingerprint density at radius 3 is 2.15 bits per heavy atom. The SMILES string of the molecule is FC(F)c1ccc(Cl)cc1-c1ccccc1C(F)(F)F. The fourth-order valence-electron chi connectivity index (χ4n) is 1.92. The molecule has 0 amide bonds. The number of rotatable bonds is 2. The van der Waals surface area contributed by atoms with Crippen molar-refractivity contribution in [2.24, 2.45) is 0 Å². The molecule has 2 rings (SSSR count). The second-order valence-corrected chi connectivity index (χ2v) is 4.51. The van der Waals surface area contributed by atoms with E-state index in [1.54, 1.807) is 0 Å². The lowest BCUT2D eigenvalue weighted by Crippen LogP contribution is -2.07. The van der Waals surface area contributed by atoms with Crippen LogP contribution in [0.15, 0.2) is 42.5 Å². The van der Waals surface area contributed by atoms with Gasteiger partial charge in [-0.3, -0.25) is 0 Å².